The summed E-state index contributed by atoms with van der Waals surface area (Å²) >= 11 is 5.46. The van der Waals surface area contributed by atoms with Crippen LogP contribution < -0.4 is 0 Å². The Morgan fingerprint density at radius 1 is 1.33 bits per heavy atom. The number of hydrogen-bond donors (Lipinski definition) is 0. The highest BCUT2D eigenvalue weighted by molar-refractivity contribution is 7.71. The zero-order chi connectivity index (χ0) is 11.2. The Hall–Kier alpha value is -1.09. The third-order valence-corrected chi connectivity index (χ3v) is 2.85. The van der Waals surface area contributed by atoms with Gasteiger partial charge in [0.2, 0.25) is 0 Å². The third-order valence-electron chi connectivity index (χ3n) is 2.43. The fourth-order valence-electron chi connectivity index (χ4n) is 1.69. The number of aromatic nitrogens is 1. The Morgan fingerprint density at radius 3 is 2.60 bits per heavy atom. The second kappa shape index (κ2) is 3.20. The van der Waals surface area contributed by atoms with Crippen LogP contribution in [0.15, 0.2) is 22.7 Å². The van der Waals surface area contributed by atoms with Crippen LogP contribution in [0, 0.1) is 11.6 Å². The molecule has 2 aromatic rings. The lowest BCUT2D eigenvalue weighted by Crippen LogP contribution is -2.22. The number of rotatable bonds is 0. The van der Waals surface area contributed by atoms with E-state index in [1.165, 1.54) is 0 Å². The second-order valence-corrected chi connectivity index (χ2v) is 5.18. The fraction of sp³-hybridized carbons (Fsp3) is 0.417. The van der Waals surface area contributed by atoms with Gasteiger partial charge in [-0.25, -0.2) is 0 Å². The summed E-state index contributed by atoms with van der Waals surface area (Å²) in [5.74, 6) is 0.905. The van der Waals surface area contributed by atoms with Crippen molar-refractivity contribution in [2.75, 3.05) is 0 Å². The third kappa shape index (κ3) is 1.72. The molecule has 15 heavy (non-hydrogen) atoms. The van der Waals surface area contributed by atoms with Gasteiger partial charge >= 0.3 is 0 Å². The molecule has 2 aromatic heterocycles. The highest BCUT2D eigenvalue weighted by Gasteiger charge is 2.14. The number of furan rings is 1. The van der Waals surface area contributed by atoms with E-state index in [4.69, 9.17) is 16.6 Å². The lowest BCUT2D eigenvalue weighted by atomic mass is 10.1. The van der Waals surface area contributed by atoms with Crippen LogP contribution in [0.25, 0.3) is 11.0 Å². The first-order valence-electron chi connectivity index (χ1n) is 5.02. The standard InChI is InChI=1S/C12H15NOS/c1-8-7-9-10(14-8)5-6-13(11(9)15)12(2,3)4/h5-7H,1-4H3. The summed E-state index contributed by atoms with van der Waals surface area (Å²) in [7, 11) is 0. The molecular weight excluding hydrogens is 206 g/mol. The van der Waals surface area contributed by atoms with Crippen molar-refractivity contribution in [1.82, 2.24) is 4.57 Å². The average molecular weight is 221 g/mol. The largest absolute Gasteiger partial charge is 0.461 e. The smallest absolute Gasteiger partial charge is 0.138 e. The first-order chi connectivity index (χ1) is 6.89. The molecule has 0 aliphatic rings. The molecule has 0 spiro atoms. The summed E-state index contributed by atoms with van der Waals surface area (Å²) in [4.78, 5) is 0. The Bertz CT molecular complexity index is 557. The first-order valence-corrected chi connectivity index (χ1v) is 5.43. The van der Waals surface area contributed by atoms with Crippen LogP contribution in [-0.4, -0.2) is 4.57 Å². The molecule has 0 saturated heterocycles. The van der Waals surface area contributed by atoms with Crippen LogP contribution in [0.5, 0.6) is 0 Å². The Kier molecular flexibility index (Phi) is 2.23. The second-order valence-electron chi connectivity index (χ2n) is 4.80. The van der Waals surface area contributed by atoms with Gasteiger partial charge in [-0.1, -0.05) is 12.2 Å². The van der Waals surface area contributed by atoms with Crippen molar-refractivity contribution in [3.63, 3.8) is 0 Å². The van der Waals surface area contributed by atoms with Crippen LogP contribution in [-0.2, 0) is 5.54 Å². The molecule has 0 amide bonds. The Balaban J connectivity index is 2.82. The number of nitrogens with zero attached hydrogens (tertiary/aromatic N) is 1. The van der Waals surface area contributed by atoms with Gasteiger partial charge in [-0.3, -0.25) is 0 Å². The number of fused-ring (bicyclic) bond motifs is 1. The van der Waals surface area contributed by atoms with Gasteiger partial charge < -0.3 is 8.98 Å². The van der Waals surface area contributed by atoms with Crippen molar-refractivity contribution >= 4 is 23.2 Å². The van der Waals surface area contributed by atoms with Crippen LogP contribution in [0.1, 0.15) is 26.5 Å². The summed E-state index contributed by atoms with van der Waals surface area (Å²) in [5.41, 5.74) is 0.884. The van der Waals surface area contributed by atoms with Crippen LogP contribution in [0.2, 0.25) is 0 Å². The Morgan fingerprint density at radius 2 is 2.00 bits per heavy atom. The summed E-state index contributed by atoms with van der Waals surface area (Å²) in [6.45, 7) is 8.36. The van der Waals surface area contributed by atoms with Crippen molar-refractivity contribution in [2.24, 2.45) is 0 Å². The van der Waals surface area contributed by atoms with Crippen molar-refractivity contribution in [2.45, 2.75) is 33.2 Å². The fourth-order valence-corrected chi connectivity index (χ4v) is 2.19. The van der Waals surface area contributed by atoms with E-state index in [1.54, 1.807) is 0 Å². The molecule has 0 aliphatic heterocycles. The van der Waals surface area contributed by atoms with E-state index in [1.807, 2.05) is 25.3 Å². The van der Waals surface area contributed by atoms with Crippen LogP contribution in [0.4, 0.5) is 0 Å². The molecule has 0 unspecified atom stereocenters. The highest BCUT2D eigenvalue weighted by Crippen LogP contribution is 2.23. The van der Waals surface area contributed by atoms with E-state index >= 15 is 0 Å². The molecule has 0 atom stereocenters. The molecule has 0 fully saturated rings. The zero-order valence-electron chi connectivity index (χ0n) is 9.50. The van der Waals surface area contributed by atoms with Crippen LogP contribution in [0.3, 0.4) is 0 Å². The summed E-state index contributed by atoms with van der Waals surface area (Å²) in [6.07, 6.45) is 1.99. The number of pyridine rings is 1. The molecule has 0 aliphatic carbocycles. The number of aryl methyl sites for hydroxylation is 1. The summed E-state index contributed by atoms with van der Waals surface area (Å²) in [6, 6.07) is 3.98. The molecule has 0 bridgehead atoms. The lowest BCUT2D eigenvalue weighted by Gasteiger charge is -2.23. The normalized spacial score (nSPS) is 12.3. The Labute approximate surface area is 94.5 Å². The quantitative estimate of drug-likeness (QED) is 0.625. The van der Waals surface area contributed by atoms with Gasteiger partial charge in [0.25, 0.3) is 0 Å². The minimum atomic E-state index is 0.0104. The van der Waals surface area contributed by atoms with Gasteiger partial charge in [-0.2, -0.15) is 0 Å². The first kappa shape index (κ1) is 10.4. The van der Waals surface area contributed by atoms with Crippen molar-refractivity contribution in [1.29, 1.82) is 0 Å². The van der Waals surface area contributed by atoms with E-state index in [0.717, 1.165) is 21.4 Å². The molecule has 0 saturated carbocycles. The molecular formula is C12H15NOS. The lowest BCUT2D eigenvalue weighted by molar-refractivity contribution is 0.392. The molecule has 2 heterocycles. The van der Waals surface area contributed by atoms with Gasteiger partial charge in [0.1, 0.15) is 16.0 Å². The van der Waals surface area contributed by atoms with Gasteiger partial charge in [0, 0.05) is 11.7 Å². The summed E-state index contributed by atoms with van der Waals surface area (Å²) in [5, 5.41) is 1.03. The molecule has 2 rings (SSSR count). The molecule has 2 nitrogen and oxygen atoms in total. The summed E-state index contributed by atoms with van der Waals surface area (Å²) < 4.78 is 8.48. The van der Waals surface area contributed by atoms with E-state index in [-0.39, 0.29) is 5.54 Å². The van der Waals surface area contributed by atoms with Crippen molar-refractivity contribution < 1.29 is 4.42 Å². The molecule has 0 radical (unpaired) electrons. The van der Waals surface area contributed by atoms with Gasteiger partial charge in [-0.15, -0.1) is 0 Å². The zero-order valence-corrected chi connectivity index (χ0v) is 10.3. The van der Waals surface area contributed by atoms with Crippen molar-refractivity contribution in [3.8, 4) is 0 Å². The SMILES string of the molecule is Cc1cc2c(=S)n(C(C)(C)C)ccc2o1. The molecule has 0 aromatic carbocycles. The highest BCUT2D eigenvalue weighted by atomic mass is 32.1. The molecule has 0 N–H and O–H groups in total. The maximum atomic E-state index is 5.54. The number of hydrogen-bond acceptors (Lipinski definition) is 2. The molecule has 3 heteroatoms. The van der Waals surface area contributed by atoms with Crippen LogP contribution >= 0.6 is 12.2 Å². The maximum Gasteiger partial charge on any atom is 0.138 e. The van der Waals surface area contributed by atoms with E-state index < -0.39 is 0 Å². The average Bonchev–Trinajstić information content (AvgIpc) is 2.44. The topological polar surface area (TPSA) is 18.1 Å². The minimum Gasteiger partial charge on any atom is -0.461 e. The predicted octanol–water partition coefficient (Wildman–Crippen LogP) is 4.03. The van der Waals surface area contributed by atoms with E-state index in [9.17, 15) is 0 Å². The predicted molar refractivity (Wildman–Crippen MR) is 64.8 cm³/mol. The maximum absolute atomic E-state index is 5.54. The van der Waals surface area contributed by atoms with Gasteiger partial charge in [0.15, 0.2) is 0 Å². The minimum absolute atomic E-state index is 0.0104. The van der Waals surface area contributed by atoms with Crippen molar-refractivity contribution in [3.05, 3.63) is 28.7 Å². The monoisotopic (exact) mass is 221 g/mol. The van der Waals surface area contributed by atoms with Gasteiger partial charge in [-0.05, 0) is 39.8 Å². The van der Waals surface area contributed by atoms with Gasteiger partial charge in [0.05, 0.1) is 5.39 Å². The van der Waals surface area contributed by atoms with E-state index in [0.29, 0.717) is 0 Å². The van der Waals surface area contributed by atoms with E-state index in [2.05, 4.69) is 25.3 Å². The molecule has 80 valence electrons.